The minimum atomic E-state index is -0.573. The second-order valence-electron chi connectivity index (χ2n) is 7.11. The number of benzene rings is 1. The molecule has 2 aliphatic heterocycles. The van der Waals surface area contributed by atoms with Crippen LogP contribution in [-0.4, -0.2) is 46.2 Å². The van der Waals surface area contributed by atoms with E-state index in [4.69, 9.17) is 0 Å². The van der Waals surface area contributed by atoms with Crippen molar-refractivity contribution in [3.05, 3.63) is 46.8 Å². The number of hydrogen-bond donors (Lipinski definition) is 0. The maximum absolute atomic E-state index is 12.7. The fourth-order valence-electron chi connectivity index (χ4n) is 3.65. The van der Waals surface area contributed by atoms with Gasteiger partial charge in [0.2, 0.25) is 11.9 Å². The molecule has 0 radical (unpaired) electrons. The Morgan fingerprint density at radius 1 is 1.12 bits per heavy atom. The molecular weight excluding hydrogens is 330 g/mol. The average Bonchev–Trinajstić information content (AvgIpc) is 3.11. The van der Waals surface area contributed by atoms with Crippen molar-refractivity contribution in [1.82, 2.24) is 14.4 Å². The van der Waals surface area contributed by atoms with Crippen LogP contribution in [0.1, 0.15) is 28.4 Å². The molecule has 2 aliphatic rings. The number of aromatic nitrogens is 2. The van der Waals surface area contributed by atoms with Gasteiger partial charge in [-0.25, -0.2) is 13.9 Å². The summed E-state index contributed by atoms with van der Waals surface area (Å²) in [5, 5.41) is 0. The zero-order chi connectivity index (χ0) is 18.7. The second-order valence-corrected chi connectivity index (χ2v) is 7.11. The van der Waals surface area contributed by atoms with E-state index in [-0.39, 0.29) is 11.9 Å². The molecule has 4 rings (SSSR count). The van der Waals surface area contributed by atoms with Gasteiger partial charge in [-0.15, -0.1) is 0 Å². The van der Waals surface area contributed by atoms with Crippen LogP contribution in [0, 0.1) is 20.8 Å². The molecule has 26 heavy (non-hydrogen) atoms. The third-order valence-electron chi connectivity index (χ3n) is 5.28. The first-order valence-electron chi connectivity index (χ1n) is 8.61. The van der Waals surface area contributed by atoms with E-state index in [2.05, 4.69) is 41.6 Å². The highest BCUT2D eigenvalue weighted by Gasteiger charge is 2.52. The number of aryl methyl sites for hydroxylation is 3. The van der Waals surface area contributed by atoms with Gasteiger partial charge in [0.15, 0.2) is 0 Å². The second kappa shape index (κ2) is 5.52. The number of carbonyl (C=O) groups is 2. The molecule has 134 valence electrons. The minimum absolute atomic E-state index is 0.250. The van der Waals surface area contributed by atoms with Crippen molar-refractivity contribution in [2.45, 2.75) is 33.4 Å². The topological polar surface area (TPSA) is 61.8 Å². The Kier molecular flexibility index (Phi) is 3.50. The molecule has 0 N–H and O–H groups in total. The number of carbonyl (C=O) groups excluding carboxylic acids is 2. The maximum atomic E-state index is 12.7. The van der Waals surface area contributed by atoms with E-state index in [9.17, 15) is 9.59 Å². The zero-order valence-electron chi connectivity index (χ0n) is 15.6. The van der Waals surface area contributed by atoms with E-state index in [0.717, 1.165) is 10.6 Å². The lowest BCUT2D eigenvalue weighted by Crippen LogP contribution is -2.61. The van der Waals surface area contributed by atoms with Crippen molar-refractivity contribution in [2.24, 2.45) is 4.99 Å². The highest BCUT2D eigenvalue weighted by Crippen LogP contribution is 2.29. The molecule has 3 amide bonds. The number of nitrogens with zero attached hydrogens (tertiary/aromatic N) is 5. The molecule has 0 saturated carbocycles. The summed E-state index contributed by atoms with van der Waals surface area (Å²) >= 11 is 0. The number of amides is 3. The van der Waals surface area contributed by atoms with Gasteiger partial charge in [0.1, 0.15) is 11.9 Å². The molecule has 1 aromatic heterocycles. The quantitative estimate of drug-likeness (QED) is 0.775. The van der Waals surface area contributed by atoms with E-state index in [1.807, 2.05) is 17.7 Å². The Morgan fingerprint density at radius 3 is 2.58 bits per heavy atom. The van der Waals surface area contributed by atoms with Gasteiger partial charge in [-0.3, -0.25) is 14.6 Å². The Labute approximate surface area is 152 Å². The van der Waals surface area contributed by atoms with E-state index in [0.29, 0.717) is 18.3 Å². The maximum Gasteiger partial charge on any atom is 0.402 e. The lowest BCUT2D eigenvalue weighted by molar-refractivity contribution is -0.677. The number of amidine groups is 1. The molecule has 1 fully saturated rings. The van der Waals surface area contributed by atoms with Crippen molar-refractivity contribution in [1.29, 1.82) is 0 Å². The SMILES string of the molecule is Cc1ccc(C)c(Cn2c(C)c[n+]3c2N=C2C3C(=O)N(C)C(=O)N2C)c1. The van der Waals surface area contributed by atoms with Crippen molar-refractivity contribution < 1.29 is 14.2 Å². The van der Waals surface area contributed by atoms with Gasteiger partial charge in [-0.2, -0.15) is 0 Å². The van der Waals surface area contributed by atoms with Crippen LogP contribution in [0.3, 0.4) is 0 Å². The molecule has 1 saturated heterocycles. The third-order valence-corrected chi connectivity index (χ3v) is 5.28. The van der Waals surface area contributed by atoms with Crippen LogP contribution in [0.5, 0.6) is 0 Å². The smallest absolute Gasteiger partial charge is 0.270 e. The minimum Gasteiger partial charge on any atom is -0.270 e. The van der Waals surface area contributed by atoms with Crippen LogP contribution in [0.2, 0.25) is 0 Å². The zero-order valence-corrected chi connectivity index (χ0v) is 15.6. The predicted molar refractivity (Wildman–Crippen MR) is 96.4 cm³/mol. The van der Waals surface area contributed by atoms with E-state index in [1.54, 1.807) is 7.05 Å². The Bertz CT molecular complexity index is 988. The normalized spacial score (nSPS) is 19.0. The molecule has 7 heteroatoms. The van der Waals surface area contributed by atoms with Gasteiger partial charge in [0, 0.05) is 14.1 Å². The standard InChI is InChI=1S/C19H22N5O2/c1-11-6-7-12(2)14(8-11)10-23-13(3)9-24-15-16(20-18(23)24)21(4)19(26)22(5)17(15)25/h6-9,15H,10H2,1-5H3/q+1. The molecule has 1 aromatic carbocycles. The van der Waals surface area contributed by atoms with E-state index < -0.39 is 6.04 Å². The predicted octanol–water partition coefficient (Wildman–Crippen LogP) is 1.86. The first kappa shape index (κ1) is 16.5. The lowest BCUT2D eigenvalue weighted by Gasteiger charge is -2.30. The number of urea groups is 1. The van der Waals surface area contributed by atoms with Gasteiger partial charge < -0.3 is 0 Å². The number of fused-ring (bicyclic) bond motifs is 3. The van der Waals surface area contributed by atoms with Crippen LogP contribution >= 0.6 is 0 Å². The summed E-state index contributed by atoms with van der Waals surface area (Å²) in [6, 6.07) is 5.47. The molecule has 0 bridgehead atoms. The molecule has 7 nitrogen and oxygen atoms in total. The Hall–Kier alpha value is -2.96. The molecular formula is C19H22N5O2+. The Balaban J connectivity index is 1.81. The van der Waals surface area contributed by atoms with Gasteiger partial charge >= 0.3 is 12.0 Å². The van der Waals surface area contributed by atoms with E-state index >= 15 is 0 Å². The van der Waals surface area contributed by atoms with Crippen LogP contribution < -0.4 is 4.57 Å². The summed E-state index contributed by atoms with van der Waals surface area (Å²) in [5.41, 5.74) is 4.67. The number of hydrogen-bond acceptors (Lipinski definition) is 3. The van der Waals surface area contributed by atoms with Gasteiger partial charge in [0.05, 0.1) is 6.54 Å². The molecule has 3 heterocycles. The molecule has 0 spiro atoms. The summed E-state index contributed by atoms with van der Waals surface area (Å²) < 4.78 is 3.97. The highest BCUT2D eigenvalue weighted by atomic mass is 16.2. The largest absolute Gasteiger partial charge is 0.402 e. The van der Waals surface area contributed by atoms with Gasteiger partial charge in [0.25, 0.3) is 5.91 Å². The highest BCUT2D eigenvalue weighted by molar-refractivity contribution is 6.18. The number of aliphatic imine (C=N–C) groups is 1. The third kappa shape index (κ3) is 2.20. The summed E-state index contributed by atoms with van der Waals surface area (Å²) in [7, 11) is 3.17. The van der Waals surface area contributed by atoms with Crippen LogP contribution in [0.4, 0.5) is 10.7 Å². The van der Waals surface area contributed by atoms with Gasteiger partial charge in [-0.05, 0) is 31.9 Å². The number of imidazole rings is 1. The van der Waals surface area contributed by atoms with Crippen molar-refractivity contribution >= 4 is 23.7 Å². The van der Waals surface area contributed by atoms with Crippen molar-refractivity contribution in [3.8, 4) is 0 Å². The summed E-state index contributed by atoms with van der Waals surface area (Å²) in [6.07, 6.45) is 1.94. The van der Waals surface area contributed by atoms with Crippen LogP contribution in [0.25, 0.3) is 0 Å². The monoisotopic (exact) mass is 352 g/mol. The fraction of sp³-hybridized carbons (Fsp3) is 0.368. The molecule has 1 unspecified atom stereocenters. The average molecular weight is 352 g/mol. The van der Waals surface area contributed by atoms with Gasteiger partial charge in [-0.1, -0.05) is 28.8 Å². The lowest BCUT2D eigenvalue weighted by atomic mass is 10.1. The van der Waals surface area contributed by atoms with Crippen LogP contribution in [-0.2, 0) is 11.3 Å². The number of rotatable bonds is 2. The van der Waals surface area contributed by atoms with Crippen molar-refractivity contribution in [3.63, 3.8) is 0 Å². The first-order chi connectivity index (χ1) is 12.3. The Morgan fingerprint density at radius 2 is 1.85 bits per heavy atom. The molecule has 0 aliphatic carbocycles. The summed E-state index contributed by atoms with van der Waals surface area (Å²) in [4.78, 5) is 32.2. The fourth-order valence-corrected chi connectivity index (χ4v) is 3.65. The molecule has 2 aromatic rings. The van der Waals surface area contributed by atoms with Crippen molar-refractivity contribution in [2.75, 3.05) is 14.1 Å². The van der Waals surface area contributed by atoms with Crippen LogP contribution in [0.15, 0.2) is 29.4 Å². The molecule has 1 atom stereocenters. The first-order valence-corrected chi connectivity index (χ1v) is 8.61. The van der Waals surface area contributed by atoms with E-state index in [1.165, 1.54) is 28.6 Å². The summed E-state index contributed by atoms with van der Waals surface area (Å²) in [6.45, 7) is 6.86. The summed E-state index contributed by atoms with van der Waals surface area (Å²) in [5.74, 6) is 0.939. The number of imide groups is 1. The number of likely N-dealkylation sites (N-methyl/N-ethyl adjacent to an activating group) is 2.